The molecule has 1 unspecified atom stereocenters. The van der Waals surface area contributed by atoms with E-state index in [-0.39, 0.29) is 0 Å². The molecule has 3 heteroatoms. The Morgan fingerprint density at radius 3 is 2.94 bits per heavy atom. The number of H-pyrrole nitrogens is 1. The van der Waals surface area contributed by atoms with Crippen LogP contribution in [0.25, 0.3) is 0 Å². The van der Waals surface area contributed by atoms with Crippen LogP contribution in [-0.4, -0.2) is 4.98 Å². The maximum Gasteiger partial charge on any atom is 0.0417 e. The Morgan fingerprint density at radius 2 is 2.31 bits per heavy atom. The molecule has 2 aromatic rings. The predicted molar refractivity (Wildman–Crippen MR) is 69.6 cm³/mol. The quantitative estimate of drug-likeness (QED) is 0.783. The van der Waals surface area contributed by atoms with Crippen LogP contribution in [0.4, 0.5) is 0 Å². The van der Waals surface area contributed by atoms with Crippen molar-refractivity contribution in [1.82, 2.24) is 10.3 Å². The Kier molecular flexibility index (Phi) is 4.19. The van der Waals surface area contributed by atoms with Crippen LogP contribution in [0.15, 0.2) is 35.8 Å². The van der Waals surface area contributed by atoms with E-state index in [0.29, 0.717) is 6.04 Å². The van der Waals surface area contributed by atoms with Crippen LogP contribution in [0.1, 0.15) is 36.4 Å². The minimum atomic E-state index is 0.494. The molecule has 0 radical (unpaired) electrons. The molecule has 0 spiro atoms. The maximum atomic E-state index is 3.60. The van der Waals surface area contributed by atoms with Crippen molar-refractivity contribution in [3.05, 3.63) is 46.4 Å². The summed E-state index contributed by atoms with van der Waals surface area (Å²) < 4.78 is 0. The smallest absolute Gasteiger partial charge is 0.0417 e. The molecule has 86 valence electrons. The third kappa shape index (κ3) is 2.97. The highest BCUT2D eigenvalue weighted by atomic mass is 32.1. The molecule has 2 N–H and O–H groups in total. The normalized spacial score (nSPS) is 12.8. The molecular formula is C13H18N2S. The van der Waals surface area contributed by atoms with Gasteiger partial charge in [-0.3, -0.25) is 0 Å². The van der Waals surface area contributed by atoms with Gasteiger partial charge in [-0.25, -0.2) is 0 Å². The summed E-state index contributed by atoms with van der Waals surface area (Å²) in [6, 6.07) is 8.99. The third-order valence-electron chi connectivity index (χ3n) is 2.67. The number of rotatable bonds is 6. The first-order chi connectivity index (χ1) is 7.90. The van der Waals surface area contributed by atoms with Crippen molar-refractivity contribution >= 4 is 11.3 Å². The third-order valence-corrected chi connectivity index (χ3v) is 3.65. The molecule has 16 heavy (non-hydrogen) atoms. The van der Waals surface area contributed by atoms with E-state index in [2.05, 4.69) is 40.8 Å². The summed E-state index contributed by atoms with van der Waals surface area (Å²) in [6.45, 7) is 3.15. The lowest BCUT2D eigenvalue weighted by Gasteiger charge is -2.16. The molecule has 2 aromatic heterocycles. The first kappa shape index (κ1) is 11.4. The molecule has 0 aliphatic heterocycles. The van der Waals surface area contributed by atoms with E-state index in [9.17, 15) is 0 Å². The van der Waals surface area contributed by atoms with Crippen molar-refractivity contribution < 1.29 is 0 Å². The van der Waals surface area contributed by atoms with E-state index in [4.69, 9.17) is 0 Å². The molecule has 0 saturated carbocycles. The molecule has 0 fully saturated rings. The summed E-state index contributed by atoms with van der Waals surface area (Å²) in [5.41, 5.74) is 1.25. The summed E-state index contributed by atoms with van der Waals surface area (Å²) >= 11 is 1.84. The highest BCUT2D eigenvalue weighted by molar-refractivity contribution is 7.10. The summed E-state index contributed by atoms with van der Waals surface area (Å²) in [7, 11) is 0. The van der Waals surface area contributed by atoms with Crippen LogP contribution in [0, 0.1) is 0 Å². The highest BCUT2D eigenvalue weighted by Crippen LogP contribution is 2.23. The van der Waals surface area contributed by atoms with Gasteiger partial charge in [-0.05, 0) is 30.0 Å². The lowest BCUT2D eigenvalue weighted by molar-refractivity contribution is 0.497. The van der Waals surface area contributed by atoms with Crippen molar-refractivity contribution in [2.75, 3.05) is 0 Å². The van der Waals surface area contributed by atoms with Crippen LogP contribution in [0.2, 0.25) is 0 Å². The Labute approximate surface area is 101 Å². The Morgan fingerprint density at radius 1 is 1.38 bits per heavy atom. The van der Waals surface area contributed by atoms with E-state index in [1.807, 2.05) is 23.6 Å². The fraction of sp³-hybridized carbons (Fsp3) is 0.385. The molecular weight excluding hydrogens is 216 g/mol. The van der Waals surface area contributed by atoms with Crippen LogP contribution in [-0.2, 0) is 6.54 Å². The molecule has 0 aromatic carbocycles. The zero-order chi connectivity index (χ0) is 11.2. The zero-order valence-corrected chi connectivity index (χ0v) is 10.4. The van der Waals surface area contributed by atoms with Gasteiger partial charge in [0, 0.05) is 29.4 Å². The molecule has 0 aliphatic rings. The van der Waals surface area contributed by atoms with Gasteiger partial charge in [0.05, 0.1) is 0 Å². The number of nitrogens with one attached hydrogen (secondary N) is 2. The van der Waals surface area contributed by atoms with Crippen LogP contribution < -0.4 is 5.32 Å². The predicted octanol–water partition coefficient (Wildman–Crippen LogP) is 3.71. The number of hydrogen-bond donors (Lipinski definition) is 2. The van der Waals surface area contributed by atoms with Crippen molar-refractivity contribution in [3.8, 4) is 0 Å². The average Bonchev–Trinajstić information content (AvgIpc) is 2.96. The minimum Gasteiger partial charge on any atom is -0.364 e. The van der Waals surface area contributed by atoms with Gasteiger partial charge in [-0.15, -0.1) is 11.3 Å². The van der Waals surface area contributed by atoms with Crippen molar-refractivity contribution in [1.29, 1.82) is 0 Å². The lowest BCUT2D eigenvalue weighted by Crippen LogP contribution is -2.20. The van der Waals surface area contributed by atoms with Crippen LogP contribution in [0.3, 0.4) is 0 Å². The Bertz CT molecular complexity index is 378. The van der Waals surface area contributed by atoms with E-state index < -0.39 is 0 Å². The monoisotopic (exact) mass is 234 g/mol. The van der Waals surface area contributed by atoms with E-state index >= 15 is 0 Å². The molecule has 2 rings (SSSR count). The van der Waals surface area contributed by atoms with Gasteiger partial charge in [0.1, 0.15) is 0 Å². The number of hydrogen-bond acceptors (Lipinski definition) is 2. The van der Waals surface area contributed by atoms with Gasteiger partial charge in [-0.2, -0.15) is 0 Å². The fourth-order valence-electron chi connectivity index (χ4n) is 1.83. The van der Waals surface area contributed by atoms with Gasteiger partial charge in [0.2, 0.25) is 0 Å². The Hall–Kier alpha value is -1.06. The standard InChI is InChI=1S/C13H18N2S/c1-2-5-12(13-7-4-9-16-13)15-10-11-6-3-8-14-11/h3-4,6-9,12,14-15H,2,5,10H2,1H3. The summed E-state index contributed by atoms with van der Waals surface area (Å²) in [6.07, 6.45) is 4.37. The number of thiophene rings is 1. The molecule has 0 bridgehead atoms. The molecule has 2 nitrogen and oxygen atoms in total. The minimum absolute atomic E-state index is 0.494. The Balaban J connectivity index is 1.93. The summed E-state index contributed by atoms with van der Waals surface area (Å²) in [4.78, 5) is 4.66. The van der Waals surface area contributed by atoms with Crippen LogP contribution in [0.5, 0.6) is 0 Å². The summed E-state index contributed by atoms with van der Waals surface area (Å²) in [5, 5.41) is 5.75. The second kappa shape index (κ2) is 5.87. The second-order valence-corrected chi connectivity index (χ2v) is 4.91. The molecule has 1 atom stereocenters. The first-order valence-corrected chi connectivity index (χ1v) is 6.67. The molecule has 2 heterocycles. The van der Waals surface area contributed by atoms with E-state index in [1.165, 1.54) is 23.4 Å². The topological polar surface area (TPSA) is 27.8 Å². The fourth-order valence-corrected chi connectivity index (χ4v) is 2.67. The van der Waals surface area contributed by atoms with E-state index in [1.54, 1.807) is 0 Å². The van der Waals surface area contributed by atoms with Crippen molar-refractivity contribution in [2.24, 2.45) is 0 Å². The highest BCUT2D eigenvalue weighted by Gasteiger charge is 2.10. The van der Waals surface area contributed by atoms with Gasteiger partial charge in [-0.1, -0.05) is 19.4 Å². The largest absolute Gasteiger partial charge is 0.364 e. The van der Waals surface area contributed by atoms with Gasteiger partial charge >= 0.3 is 0 Å². The van der Waals surface area contributed by atoms with Crippen molar-refractivity contribution in [2.45, 2.75) is 32.4 Å². The summed E-state index contributed by atoms with van der Waals surface area (Å²) in [5.74, 6) is 0. The first-order valence-electron chi connectivity index (χ1n) is 5.79. The van der Waals surface area contributed by atoms with Crippen molar-refractivity contribution in [3.63, 3.8) is 0 Å². The van der Waals surface area contributed by atoms with E-state index in [0.717, 1.165) is 6.54 Å². The van der Waals surface area contributed by atoms with Crippen LogP contribution >= 0.6 is 11.3 Å². The number of aromatic amines is 1. The van der Waals surface area contributed by atoms with Gasteiger partial charge in [0.25, 0.3) is 0 Å². The SMILES string of the molecule is CCCC(NCc1ccc[nH]1)c1cccs1. The maximum absolute atomic E-state index is 3.60. The zero-order valence-electron chi connectivity index (χ0n) is 9.57. The average molecular weight is 234 g/mol. The van der Waals surface area contributed by atoms with Gasteiger partial charge in [0.15, 0.2) is 0 Å². The molecule has 0 amide bonds. The van der Waals surface area contributed by atoms with Gasteiger partial charge < -0.3 is 10.3 Å². The lowest BCUT2D eigenvalue weighted by atomic mass is 10.1. The second-order valence-electron chi connectivity index (χ2n) is 3.93. The molecule has 0 saturated heterocycles. The molecule has 0 aliphatic carbocycles. The number of aromatic nitrogens is 1.